The lowest BCUT2D eigenvalue weighted by Crippen LogP contribution is -2.36. The zero-order valence-corrected chi connectivity index (χ0v) is 8.83. The van der Waals surface area contributed by atoms with Gasteiger partial charge in [0.15, 0.2) is 0 Å². The second kappa shape index (κ2) is 4.75. The fourth-order valence-corrected chi connectivity index (χ4v) is 1.91. The van der Waals surface area contributed by atoms with Gasteiger partial charge < -0.3 is 4.74 Å². The van der Waals surface area contributed by atoms with E-state index >= 15 is 0 Å². The van der Waals surface area contributed by atoms with Gasteiger partial charge in [-0.25, -0.2) is 0 Å². The lowest BCUT2D eigenvalue weighted by molar-refractivity contribution is -0.148. The Morgan fingerprint density at radius 1 is 1.29 bits per heavy atom. The molecule has 0 aliphatic heterocycles. The van der Waals surface area contributed by atoms with Gasteiger partial charge in [-0.05, 0) is 18.6 Å². The Labute approximate surface area is 87.4 Å². The minimum atomic E-state index is -4.10. The summed E-state index contributed by atoms with van der Waals surface area (Å²) in [5.41, 5.74) is 0.0642. The second-order valence-electron chi connectivity index (χ2n) is 3.93. The van der Waals surface area contributed by atoms with Crippen LogP contribution < -0.4 is 0 Å². The molecular formula is C9H15F3OS. The average molecular weight is 228 g/mol. The van der Waals surface area contributed by atoms with E-state index in [-0.39, 0.29) is 12.0 Å². The molecule has 1 aliphatic rings. The summed E-state index contributed by atoms with van der Waals surface area (Å²) in [5, 5.41) is 0. The van der Waals surface area contributed by atoms with E-state index < -0.39 is 12.6 Å². The first kappa shape index (κ1) is 12.2. The van der Waals surface area contributed by atoms with Crippen LogP contribution in [0.5, 0.6) is 0 Å². The lowest BCUT2D eigenvalue weighted by Gasteiger charge is -2.40. The number of rotatable bonds is 5. The number of hydrogen-bond donors (Lipinski definition) is 1. The number of ether oxygens (including phenoxy) is 1. The van der Waals surface area contributed by atoms with Crippen LogP contribution >= 0.6 is 12.6 Å². The van der Waals surface area contributed by atoms with E-state index in [1.54, 1.807) is 0 Å². The van der Waals surface area contributed by atoms with Crippen LogP contribution in [0.15, 0.2) is 0 Å². The van der Waals surface area contributed by atoms with Crippen molar-refractivity contribution in [3.05, 3.63) is 0 Å². The van der Waals surface area contributed by atoms with Crippen LogP contribution in [0.4, 0.5) is 13.2 Å². The molecule has 1 aliphatic carbocycles. The zero-order chi connectivity index (χ0) is 10.7. The number of thiol groups is 1. The Kier molecular flexibility index (Phi) is 4.13. The fraction of sp³-hybridized carbons (Fsp3) is 1.00. The molecule has 0 heterocycles. The lowest BCUT2D eigenvalue weighted by atomic mass is 9.71. The topological polar surface area (TPSA) is 9.23 Å². The van der Waals surface area contributed by atoms with Crippen molar-refractivity contribution in [2.24, 2.45) is 5.41 Å². The first-order valence-electron chi connectivity index (χ1n) is 4.73. The van der Waals surface area contributed by atoms with Crippen molar-refractivity contribution in [3.63, 3.8) is 0 Å². The maximum atomic E-state index is 11.8. The molecule has 0 unspecified atom stereocenters. The van der Waals surface area contributed by atoms with Crippen molar-refractivity contribution >= 4 is 12.6 Å². The molecule has 1 nitrogen and oxygen atoms in total. The van der Waals surface area contributed by atoms with Crippen LogP contribution in [0.2, 0.25) is 0 Å². The third-order valence-electron chi connectivity index (χ3n) is 2.69. The molecular weight excluding hydrogens is 213 g/mol. The number of hydrogen-bond acceptors (Lipinski definition) is 2. The molecule has 1 saturated carbocycles. The minimum absolute atomic E-state index is 0.0642. The number of halogens is 3. The van der Waals surface area contributed by atoms with Gasteiger partial charge in [0.05, 0.1) is 19.6 Å². The molecule has 0 spiro atoms. The van der Waals surface area contributed by atoms with Gasteiger partial charge in [0.2, 0.25) is 0 Å². The Morgan fingerprint density at radius 3 is 2.29 bits per heavy atom. The summed E-state index contributed by atoms with van der Waals surface area (Å²) >= 11 is 4.19. The van der Waals surface area contributed by atoms with Crippen LogP contribution in [0.3, 0.4) is 0 Å². The summed E-state index contributed by atoms with van der Waals surface area (Å²) in [6.07, 6.45) is -1.75. The predicted octanol–water partition coefficient (Wildman–Crippen LogP) is 3.06. The van der Waals surface area contributed by atoms with E-state index in [9.17, 15) is 13.2 Å². The normalized spacial score (nSPS) is 20.6. The van der Waals surface area contributed by atoms with Crippen LogP contribution in [0.1, 0.15) is 25.7 Å². The van der Waals surface area contributed by atoms with Crippen molar-refractivity contribution < 1.29 is 17.9 Å². The van der Waals surface area contributed by atoms with Crippen molar-refractivity contribution in [1.29, 1.82) is 0 Å². The van der Waals surface area contributed by atoms with E-state index in [0.717, 1.165) is 19.3 Å². The molecule has 1 fully saturated rings. The third-order valence-corrected chi connectivity index (χ3v) is 3.36. The quantitative estimate of drug-likeness (QED) is 0.562. The smallest absolute Gasteiger partial charge is 0.380 e. The third kappa shape index (κ3) is 3.69. The Hall–Kier alpha value is 0.100. The molecule has 0 bridgehead atoms. The molecule has 0 aromatic heterocycles. The monoisotopic (exact) mass is 228 g/mol. The SMILES string of the molecule is FC(F)(F)CCOCC1(CS)CCC1. The van der Waals surface area contributed by atoms with Crippen LogP contribution in [0.25, 0.3) is 0 Å². The molecule has 0 atom stereocenters. The maximum absolute atomic E-state index is 11.8. The van der Waals surface area contributed by atoms with Gasteiger partial charge in [0, 0.05) is 5.41 Å². The van der Waals surface area contributed by atoms with Gasteiger partial charge in [0.1, 0.15) is 0 Å². The molecule has 14 heavy (non-hydrogen) atoms. The van der Waals surface area contributed by atoms with E-state index in [2.05, 4.69) is 12.6 Å². The number of alkyl halides is 3. The molecule has 0 amide bonds. The molecule has 84 valence electrons. The van der Waals surface area contributed by atoms with E-state index in [1.165, 1.54) is 0 Å². The van der Waals surface area contributed by atoms with Crippen molar-refractivity contribution in [1.82, 2.24) is 0 Å². The molecule has 5 heteroatoms. The first-order chi connectivity index (χ1) is 6.47. The van der Waals surface area contributed by atoms with Gasteiger partial charge >= 0.3 is 6.18 Å². The zero-order valence-electron chi connectivity index (χ0n) is 7.94. The summed E-state index contributed by atoms with van der Waals surface area (Å²) in [7, 11) is 0. The van der Waals surface area contributed by atoms with E-state index in [0.29, 0.717) is 12.4 Å². The first-order valence-corrected chi connectivity index (χ1v) is 5.36. The van der Waals surface area contributed by atoms with Gasteiger partial charge in [-0.3, -0.25) is 0 Å². The standard InChI is InChI=1S/C9H15F3OS/c10-9(11,12)4-5-13-6-8(7-14)2-1-3-8/h14H,1-7H2. The summed E-state index contributed by atoms with van der Waals surface area (Å²) in [6.45, 7) is 0.200. The van der Waals surface area contributed by atoms with Gasteiger partial charge in [-0.2, -0.15) is 25.8 Å². The Morgan fingerprint density at radius 2 is 1.93 bits per heavy atom. The molecule has 0 N–H and O–H groups in total. The van der Waals surface area contributed by atoms with Gasteiger partial charge in [-0.15, -0.1) is 0 Å². The summed E-state index contributed by atoms with van der Waals surface area (Å²) < 4.78 is 40.3. The van der Waals surface area contributed by atoms with Crippen LogP contribution in [-0.2, 0) is 4.74 Å². The highest BCUT2D eigenvalue weighted by Crippen LogP contribution is 2.42. The van der Waals surface area contributed by atoms with E-state index in [4.69, 9.17) is 4.74 Å². The molecule has 0 saturated heterocycles. The minimum Gasteiger partial charge on any atom is -0.380 e. The Bertz CT molecular complexity index is 172. The van der Waals surface area contributed by atoms with Crippen molar-refractivity contribution in [2.75, 3.05) is 19.0 Å². The fourth-order valence-electron chi connectivity index (χ4n) is 1.50. The highest BCUT2D eigenvalue weighted by Gasteiger charge is 2.36. The molecule has 0 radical (unpaired) electrons. The largest absolute Gasteiger partial charge is 0.391 e. The molecule has 0 aromatic rings. The van der Waals surface area contributed by atoms with Crippen LogP contribution in [0, 0.1) is 5.41 Å². The highest BCUT2D eigenvalue weighted by molar-refractivity contribution is 7.80. The molecule has 0 aromatic carbocycles. The van der Waals surface area contributed by atoms with Gasteiger partial charge in [-0.1, -0.05) is 6.42 Å². The Balaban J connectivity index is 2.09. The van der Waals surface area contributed by atoms with Crippen molar-refractivity contribution in [3.8, 4) is 0 Å². The summed E-state index contributed by atoms with van der Waals surface area (Å²) in [4.78, 5) is 0. The predicted molar refractivity (Wildman–Crippen MR) is 51.6 cm³/mol. The average Bonchev–Trinajstić information content (AvgIpc) is 2.00. The summed E-state index contributed by atoms with van der Waals surface area (Å²) in [5.74, 6) is 0.707. The molecule has 1 rings (SSSR count). The highest BCUT2D eigenvalue weighted by atomic mass is 32.1. The van der Waals surface area contributed by atoms with E-state index in [1.807, 2.05) is 0 Å². The maximum Gasteiger partial charge on any atom is 0.391 e. The van der Waals surface area contributed by atoms with Gasteiger partial charge in [0.25, 0.3) is 0 Å². The van der Waals surface area contributed by atoms with Crippen LogP contribution in [-0.4, -0.2) is 25.1 Å². The van der Waals surface area contributed by atoms with Crippen molar-refractivity contribution in [2.45, 2.75) is 31.9 Å². The second-order valence-corrected chi connectivity index (χ2v) is 4.25. The summed E-state index contributed by atoms with van der Waals surface area (Å²) in [6, 6.07) is 0.